The van der Waals surface area contributed by atoms with Gasteiger partial charge in [-0.15, -0.1) is 0 Å². The Hall–Kier alpha value is -1.17. The second-order valence-corrected chi connectivity index (χ2v) is 6.52. The first-order chi connectivity index (χ1) is 7.84. The number of aromatic nitrogens is 2. The second kappa shape index (κ2) is 5.44. The van der Waals surface area contributed by atoms with Crippen LogP contribution in [0.2, 0.25) is 0 Å². The Labute approximate surface area is 103 Å². The van der Waals surface area contributed by atoms with E-state index in [1.165, 1.54) is 6.26 Å². The van der Waals surface area contributed by atoms with Gasteiger partial charge in [0.1, 0.15) is 16.9 Å². The average Bonchev–Trinajstić information content (AvgIpc) is 2.23. The molecule has 0 saturated carbocycles. The van der Waals surface area contributed by atoms with Crippen LogP contribution < -0.4 is 5.32 Å². The summed E-state index contributed by atoms with van der Waals surface area (Å²) in [5.74, 6) is 1.04. The molecule has 0 spiro atoms. The molecule has 1 N–H and O–H groups in total. The quantitative estimate of drug-likeness (QED) is 0.869. The van der Waals surface area contributed by atoms with Gasteiger partial charge in [-0.05, 0) is 20.3 Å². The lowest BCUT2D eigenvalue weighted by molar-refractivity contribution is 0.589. The summed E-state index contributed by atoms with van der Waals surface area (Å²) in [5.41, 5.74) is 0.768. The van der Waals surface area contributed by atoms with E-state index in [9.17, 15) is 8.42 Å². The van der Waals surface area contributed by atoms with Gasteiger partial charge in [-0.3, -0.25) is 0 Å². The molecule has 0 aliphatic heterocycles. The summed E-state index contributed by atoms with van der Waals surface area (Å²) < 4.78 is 22.9. The maximum atomic E-state index is 11.5. The number of aryl methyl sites for hydroxylation is 1. The molecule has 1 aromatic rings. The summed E-state index contributed by atoms with van der Waals surface area (Å²) in [6, 6.07) is 1.81. The Bertz CT molecular complexity index is 485. The molecule has 17 heavy (non-hydrogen) atoms. The minimum atomic E-state index is -3.16. The first kappa shape index (κ1) is 13.9. The second-order valence-electron chi connectivity index (χ2n) is 4.15. The lowest BCUT2D eigenvalue weighted by Gasteiger charge is -2.11. The zero-order valence-electron chi connectivity index (χ0n) is 10.7. The molecule has 0 aliphatic carbocycles. The molecule has 0 aliphatic rings. The van der Waals surface area contributed by atoms with Gasteiger partial charge in [-0.1, -0.05) is 6.92 Å². The number of sulfone groups is 1. The number of nitrogens with zero attached hydrogens (tertiary/aromatic N) is 2. The first-order valence-electron chi connectivity index (χ1n) is 5.63. The lowest BCUT2D eigenvalue weighted by atomic mass is 10.3. The normalized spacial score (nSPS) is 13.4. The predicted molar refractivity (Wildman–Crippen MR) is 68.8 cm³/mol. The Morgan fingerprint density at radius 1 is 1.41 bits per heavy atom. The highest BCUT2D eigenvalue weighted by molar-refractivity contribution is 7.90. The fraction of sp³-hybridized carbons (Fsp3) is 0.636. The van der Waals surface area contributed by atoms with E-state index < -0.39 is 15.1 Å². The Morgan fingerprint density at radius 2 is 2.06 bits per heavy atom. The summed E-state index contributed by atoms with van der Waals surface area (Å²) >= 11 is 0. The molecule has 0 fully saturated rings. The molecule has 0 aromatic carbocycles. The van der Waals surface area contributed by atoms with Crippen molar-refractivity contribution in [2.45, 2.75) is 32.4 Å². The van der Waals surface area contributed by atoms with E-state index in [2.05, 4.69) is 22.2 Å². The smallest absolute Gasteiger partial charge is 0.157 e. The number of nitrogens with one attached hydrogen (secondary N) is 1. The molecular formula is C11H19N3O2S. The highest BCUT2D eigenvalue weighted by Gasteiger charge is 2.20. The summed E-state index contributed by atoms with van der Waals surface area (Å²) in [4.78, 5) is 8.41. The number of rotatable bonds is 5. The highest BCUT2D eigenvalue weighted by Crippen LogP contribution is 2.19. The molecule has 5 nitrogen and oxygen atoms in total. The molecule has 0 saturated heterocycles. The lowest BCUT2D eigenvalue weighted by Crippen LogP contribution is -2.14. The molecule has 96 valence electrons. The summed E-state index contributed by atoms with van der Waals surface area (Å²) in [6.07, 6.45) is 2.18. The number of anilines is 1. The van der Waals surface area contributed by atoms with Crippen molar-refractivity contribution in [2.75, 3.05) is 18.1 Å². The fourth-order valence-corrected chi connectivity index (χ4v) is 1.80. The molecule has 1 heterocycles. The molecule has 0 amide bonds. The van der Waals surface area contributed by atoms with Crippen molar-refractivity contribution in [3.63, 3.8) is 0 Å². The maximum absolute atomic E-state index is 11.5. The van der Waals surface area contributed by atoms with E-state index >= 15 is 0 Å². The Morgan fingerprint density at radius 3 is 2.59 bits per heavy atom. The van der Waals surface area contributed by atoms with Crippen LogP contribution in [0.25, 0.3) is 0 Å². The van der Waals surface area contributed by atoms with Crippen molar-refractivity contribution < 1.29 is 8.42 Å². The monoisotopic (exact) mass is 257 g/mol. The molecular weight excluding hydrogens is 238 g/mol. The van der Waals surface area contributed by atoms with Crippen LogP contribution >= 0.6 is 0 Å². The predicted octanol–water partition coefficient (Wildman–Crippen LogP) is 1.71. The van der Waals surface area contributed by atoms with Crippen molar-refractivity contribution in [2.24, 2.45) is 0 Å². The summed E-state index contributed by atoms with van der Waals surface area (Å²) in [7, 11) is -3.16. The van der Waals surface area contributed by atoms with Gasteiger partial charge in [-0.2, -0.15) is 0 Å². The van der Waals surface area contributed by atoms with E-state index in [1.54, 1.807) is 6.92 Å². The van der Waals surface area contributed by atoms with Crippen LogP contribution in [0.4, 0.5) is 5.82 Å². The third-order valence-electron chi connectivity index (χ3n) is 2.43. The number of hydrogen-bond acceptors (Lipinski definition) is 5. The van der Waals surface area contributed by atoms with E-state index in [1.807, 2.05) is 13.0 Å². The minimum Gasteiger partial charge on any atom is -0.370 e. The first-order valence-corrected chi connectivity index (χ1v) is 7.58. The molecule has 1 unspecified atom stereocenters. The van der Waals surface area contributed by atoms with Crippen molar-refractivity contribution in [1.29, 1.82) is 0 Å². The van der Waals surface area contributed by atoms with Crippen LogP contribution in [0, 0.1) is 6.92 Å². The van der Waals surface area contributed by atoms with Gasteiger partial charge in [0.05, 0.1) is 0 Å². The minimum absolute atomic E-state index is 0.353. The molecule has 0 bridgehead atoms. The van der Waals surface area contributed by atoms with Crippen LogP contribution in [0.3, 0.4) is 0 Å². The fourth-order valence-electron chi connectivity index (χ4n) is 1.31. The molecule has 0 radical (unpaired) electrons. The number of hydrogen-bond donors (Lipinski definition) is 1. The van der Waals surface area contributed by atoms with Gasteiger partial charge in [0.2, 0.25) is 0 Å². The SMILES string of the molecule is CCCNc1cc(C)nc(C(C)S(C)(=O)=O)n1. The van der Waals surface area contributed by atoms with Crippen LogP contribution in [0.15, 0.2) is 6.07 Å². The van der Waals surface area contributed by atoms with Gasteiger partial charge in [0.15, 0.2) is 9.84 Å². The zero-order chi connectivity index (χ0) is 13.1. The van der Waals surface area contributed by atoms with Crippen LogP contribution in [0.5, 0.6) is 0 Å². The summed E-state index contributed by atoms with van der Waals surface area (Å²) in [5, 5.41) is 2.46. The molecule has 6 heteroatoms. The van der Waals surface area contributed by atoms with Crippen LogP contribution in [-0.2, 0) is 9.84 Å². The Balaban J connectivity index is 3.05. The van der Waals surface area contributed by atoms with Gasteiger partial charge >= 0.3 is 0 Å². The summed E-state index contributed by atoms with van der Waals surface area (Å²) in [6.45, 7) is 6.30. The molecule has 1 rings (SSSR count). The largest absolute Gasteiger partial charge is 0.370 e. The third-order valence-corrected chi connectivity index (χ3v) is 3.93. The van der Waals surface area contributed by atoms with Crippen LogP contribution in [-0.4, -0.2) is 31.2 Å². The average molecular weight is 257 g/mol. The maximum Gasteiger partial charge on any atom is 0.157 e. The molecule has 1 aromatic heterocycles. The van der Waals surface area contributed by atoms with Crippen molar-refractivity contribution in [3.8, 4) is 0 Å². The zero-order valence-corrected chi connectivity index (χ0v) is 11.5. The van der Waals surface area contributed by atoms with Gasteiger partial charge in [-0.25, -0.2) is 18.4 Å². The van der Waals surface area contributed by atoms with E-state index in [0.29, 0.717) is 11.6 Å². The van der Waals surface area contributed by atoms with Crippen molar-refractivity contribution in [3.05, 3.63) is 17.6 Å². The standard InChI is InChI=1S/C11H19N3O2S/c1-5-6-12-10-7-8(2)13-11(14-10)9(3)17(4,15)16/h7,9H,5-6H2,1-4H3,(H,12,13,14). The van der Waals surface area contributed by atoms with Crippen molar-refractivity contribution in [1.82, 2.24) is 9.97 Å². The van der Waals surface area contributed by atoms with E-state index in [-0.39, 0.29) is 0 Å². The van der Waals surface area contributed by atoms with Crippen LogP contribution in [0.1, 0.15) is 37.0 Å². The Kier molecular flexibility index (Phi) is 4.45. The van der Waals surface area contributed by atoms with Gasteiger partial charge in [0, 0.05) is 24.6 Å². The van der Waals surface area contributed by atoms with Gasteiger partial charge < -0.3 is 5.32 Å². The van der Waals surface area contributed by atoms with E-state index in [4.69, 9.17) is 0 Å². The van der Waals surface area contributed by atoms with Gasteiger partial charge in [0.25, 0.3) is 0 Å². The van der Waals surface area contributed by atoms with Crippen molar-refractivity contribution >= 4 is 15.7 Å². The highest BCUT2D eigenvalue weighted by atomic mass is 32.2. The topological polar surface area (TPSA) is 72.0 Å². The molecule has 1 atom stereocenters. The third kappa shape index (κ3) is 3.96. The van der Waals surface area contributed by atoms with E-state index in [0.717, 1.165) is 18.7 Å².